The van der Waals surface area contributed by atoms with Gasteiger partial charge in [0.05, 0.1) is 12.3 Å². The molecule has 0 amide bonds. The van der Waals surface area contributed by atoms with Crippen molar-refractivity contribution in [2.75, 3.05) is 0 Å². The van der Waals surface area contributed by atoms with Gasteiger partial charge in [-0.05, 0) is 19.1 Å². The molecule has 0 saturated heterocycles. The van der Waals surface area contributed by atoms with E-state index in [4.69, 9.17) is 0 Å². The Labute approximate surface area is 69.2 Å². The Balaban J connectivity index is 2.52. The third-order valence-corrected chi connectivity index (χ3v) is 1.30. The lowest BCUT2D eigenvalue weighted by Crippen LogP contribution is -2.01. The summed E-state index contributed by atoms with van der Waals surface area (Å²) in [6.07, 6.45) is 0. The smallest absolute Gasteiger partial charge is 0.317 e. The molecule has 0 bridgehead atoms. The number of hydrogen-bond acceptors (Lipinski definition) is 2. The minimum Gasteiger partial charge on any atom is -0.317 e. The van der Waals surface area contributed by atoms with E-state index in [2.05, 4.69) is 9.72 Å². The van der Waals surface area contributed by atoms with E-state index in [1.807, 2.05) is 0 Å². The molecule has 66 valence electrons. The summed E-state index contributed by atoms with van der Waals surface area (Å²) in [5.74, 6) is 0. The van der Waals surface area contributed by atoms with Crippen LogP contribution in [0.4, 0.5) is 8.78 Å². The van der Waals surface area contributed by atoms with Gasteiger partial charge in [-0.25, -0.2) is 0 Å². The van der Waals surface area contributed by atoms with Crippen LogP contribution in [-0.2, 0) is 11.3 Å². The summed E-state index contributed by atoms with van der Waals surface area (Å²) < 4.78 is 27.2. The fourth-order valence-electron chi connectivity index (χ4n) is 0.828. The van der Waals surface area contributed by atoms with Gasteiger partial charge in [0, 0.05) is 5.69 Å². The van der Waals surface area contributed by atoms with Crippen LogP contribution in [0.1, 0.15) is 11.4 Å². The maximum atomic E-state index is 11.6. The second-order valence-corrected chi connectivity index (χ2v) is 2.34. The molecule has 0 aromatic carbocycles. The van der Waals surface area contributed by atoms with E-state index in [0.717, 1.165) is 5.69 Å². The van der Waals surface area contributed by atoms with Crippen molar-refractivity contribution in [3.8, 4) is 0 Å². The molecule has 0 spiro atoms. The van der Waals surface area contributed by atoms with E-state index in [-0.39, 0.29) is 6.61 Å². The van der Waals surface area contributed by atoms with Crippen molar-refractivity contribution in [3.63, 3.8) is 0 Å². The predicted molar refractivity (Wildman–Crippen MR) is 39.8 cm³/mol. The minimum absolute atomic E-state index is 0.140. The minimum atomic E-state index is -2.73. The highest BCUT2D eigenvalue weighted by molar-refractivity contribution is 5.08. The van der Waals surface area contributed by atoms with Crippen molar-refractivity contribution in [3.05, 3.63) is 29.6 Å². The Morgan fingerprint density at radius 2 is 2.25 bits per heavy atom. The van der Waals surface area contributed by atoms with Crippen molar-refractivity contribution in [1.82, 2.24) is 4.98 Å². The van der Waals surface area contributed by atoms with E-state index in [0.29, 0.717) is 5.69 Å². The Bertz CT molecular complexity index is 253. The average Bonchev–Trinajstić information content (AvgIpc) is 2.01. The van der Waals surface area contributed by atoms with Gasteiger partial charge in [-0.3, -0.25) is 4.98 Å². The van der Waals surface area contributed by atoms with Crippen LogP contribution in [0.15, 0.2) is 18.2 Å². The maximum Gasteiger partial charge on any atom is 0.345 e. The van der Waals surface area contributed by atoms with Gasteiger partial charge in [-0.2, -0.15) is 8.78 Å². The molecule has 0 atom stereocenters. The van der Waals surface area contributed by atoms with Crippen LogP contribution in [0.2, 0.25) is 0 Å². The Morgan fingerprint density at radius 3 is 2.83 bits per heavy atom. The molecule has 0 aliphatic carbocycles. The molecule has 2 nitrogen and oxygen atoms in total. The zero-order valence-electron chi connectivity index (χ0n) is 6.63. The second-order valence-electron chi connectivity index (χ2n) is 2.34. The number of ether oxygens (including phenoxy) is 1. The van der Waals surface area contributed by atoms with Gasteiger partial charge >= 0.3 is 6.61 Å². The lowest BCUT2D eigenvalue weighted by Gasteiger charge is -2.01. The van der Waals surface area contributed by atoms with Crippen molar-refractivity contribution >= 4 is 0 Å². The molecule has 0 radical (unpaired) electrons. The fourth-order valence-corrected chi connectivity index (χ4v) is 0.828. The summed E-state index contributed by atoms with van der Waals surface area (Å²) in [6, 6.07) is 5.20. The number of nitrogens with zero attached hydrogens (tertiary/aromatic N) is 1. The Morgan fingerprint density at radius 1 is 1.50 bits per heavy atom. The Hall–Kier alpha value is -1.03. The first-order chi connectivity index (χ1) is 5.68. The summed E-state index contributed by atoms with van der Waals surface area (Å²) in [6.45, 7) is -1.07. The fraction of sp³-hybridized carbons (Fsp3) is 0.375. The van der Waals surface area contributed by atoms with Crippen LogP contribution in [0.5, 0.6) is 0 Å². The van der Waals surface area contributed by atoms with Crippen LogP contribution in [0.25, 0.3) is 0 Å². The largest absolute Gasteiger partial charge is 0.345 e. The van der Waals surface area contributed by atoms with Gasteiger partial charge in [0.1, 0.15) is 0 Å². The number of alkyl halides is 2. The van der Waals surface area contributed by atoms with Crippen LogP contribution >= 0.6 is 0 Å². The zero-order valence-corrected chi connectivity index (χ0v) is 6.63. The first-order valence-electron chi connectivity index (χ1n) is 3.51. The molecule has 1 heterocycles. The SMILES string of the molecule is Cc1cccc(COC(F)F)n1. The summed E-state index contributed by atoms with van der Waals surface area (Å²) in [7, 11) is 0. The van der Waals surface area contributed by atoms with Crippen molar-refractivity contribution < 1.29 is 13.5 Å². The van der Waals surface area contributed by atoms with E-state index in [1.54, 1.807) is 25.1 Å². The van der Waals surface area contributed by atoms with Gasteiger partial charge in [0.15, 0.2) is 0 Å². The molecule has 0 aliphatic rings. The number of aromatic nitrogens is 1. The molecule has 0 unspecified atom stereocenters. The normalized spacial score (nSPS) is 10.7. The van der Waals surface area contributed by atoms with Crippen LogP contribution in [0, 0.1) is 6.92 Å². The number of halogens is 2. The first kappa shape index (κ1) is 9.06. The molecular formula is C8H9F2NO. The summed E-state index contributed by atoms with van der Waals surface area (Å²) in [4.78, 5) is 3.99. The lowest BCUT2D eigenvalue weighted by atomic mass is 10.3. The maximum absolute atomic E-state index is 11.6. The third kappa shape index (κ3) is 2.92. The molecule has 0 aliphatic heterocycles. The highest BCUT2D eigenvalue weighted by atomic mass is 19.3. The first-order valence-corrected chi connectivity index (χ1v) is 3.51. The number of hydrogen-bond donors (Lipinski definition) is 0. The van der Waals surface area contributed by atoms with Gasteiger partial charge in [0.2, 0.25) is 0 Å². The predicted octanol–water partition coefficient (Wildman–Crippen LogP) is 2.13. The van der Waals surface area contributed by atoms with Crippen molar-refractivity contribution in [2.24, 2.45) is 0 Å². The number of rotatable bonds is 3. The topological polar surface area (TPSA) is 22.1 Å². The molecule has 0 saturated carbocycles. The lowest BCUT2D eigenvalue weighted by molar-refractivity contribution is -0.137. The molecular weight excluding hydrogens is 164 g/mol. The quantitative estimate of drug-likeness (QED) is 0.698. The summed E-state index contributed by atoms with van der Waals surface area (Å²) in [5, 5.41) is 0. The summed E-state index contributed by atoms with van der Waals surface area (Å²) in [5.41, 5.74) is 1.32. The number of pyridine rings is 1. The third-order valence-electron chi connectivity index (χ3n) is 1.30. The van der Waals surface area contributed by atoms with E-state index in [9.17, 15) is 8.78 Å². The van der Waals surface area contributed by atoms with Crippen LogP contribution in [0.3, 0.4) is 0 Å². The highest BCUT2D eigenvalue weighted by Crippen LogP contribution is 2.03. The van der Waals surface area contributed by atoms with E-state index in [1.165, 1.54) is 0 Å². The van der Waals surface area contributed by atoms with Gasteiger partial charge in [-0.15, -0.1) is 0 Å². The molecule has 0 N–H and O–H groups in total. The van der Waals surface area contributed by atoms with Gasteiger partial charge < -0.3 is 4.74 Å². The van der Waals surface area contributed by atoms with Crippen LogP contribution < -0.4 is 0 Å². The number of aryl methyl sites for hydroxylation is 1. The van der Waals surface area contributed by atoms with Crippen LogP contribution in [-0.4, -0.2) is 11.6 Å². The molecule has 1 aromatic heterocycles. The van der Waals surface area contributed by atoms with Gasteiger partial charge in [0.25, 0.3) is 0 Å². The molecule has 1 aromatic rings. The zero-order chi connectivity index (χ0) is 8.97. The molecule has 12 heavy (non-hydrogen) atoms. The molecule has 1 rings (SSSR count). The van der Waals surface area contributed by atoms with Crippen molar-refractivity contribution in [2.45, 2.75) is 20.1 Å². The standard InChI is InChI=1S/C8H9F2NO/c1-6-3-2-4-7(11-6)5-12-8(9)10/h2-4,8H,5H2,1H3. The molecule has 4 heteroatoms. The molecule has 0 fully saturated rings. The van der Waals surface area contributed by atoms with Gasteiger partial charge in [-0.1, -0.05) is 6.07 Å². The van der Waals surface area contributed by atoms with E-state index >= 15 is 0 Å². The summed E-state index contributed by atoms with van der Waals surface area (Å²) >= 11 is 0. The second kappa shape index (κ2) is 4.11. The van der Waals surface area contributed by atoms with Crippen molar-refractivity contribution in [1.29, 1.82) is 0 Å². The van der Waals surface area contributed by atoms with E-state index < -0.39 is 6.61 Å². The highest BCUT2D eigenvalue weighted by Gasteiger charge is 2.02. The average molecular weight is 173 g/mol. The Kier molecular flexibility index (Phi) is 3.10. The monoisotopic (exact) mass is 173 g/mol.